The number of nitrogens with zero attached hydrogens (tertiary/aromatic N) is 5. The van der Waals surface area contributed by atoms with Crippen molar-refractivity contribution in [3.05, 3.63) is 47.5 Å². The van der Waals surface area contributed by atoms with Gasteiger partial charge in [-0.25, -0.2) is 9.97 Å². The fourth-order valence-corrected chi connectivity index (χ4v) is 3.91. The first-order valence-electron chi connectivity index (χ1n) is 9.58. The van der Waals surface area contributed by atoms with E-state index in [4.69, 9.17) is 0 Å². The number of aromatic nitrogens is 3. The maximum atomic E-state index is 12.7. The highest BCUT2D eigenvalue weighted by Gasteiger charge is 2.31. The van der Waals surface area contributed by atoms with Gasteiger partial charge in [0.05, 0.1) is 17.6 Å². The van der Waals surface area contributed by atoms with E-state index in [0.29, 0.717) is 24.6 Å². The minimum Gasteiger partial charge on any atom is -0.347 e. The average Bonchev–Trinajstić information content (AvgIpc) is 3.35. The van der Waals surface area contributed by atoms with Gasteiger partial charge in [-0.1, -0.05) is 6.07 Å². The fourth-order valence-electron chi connectivity index (χ4n) is 3.91. The van der Waals surface area contributed by atoms with E-state index in [9.17, 15) is 9.59 Å². The van der Waals surface area contributed by atoms with Crippen LogP contribution in [0.4, 0.5) is 5.95 Å². The molecule has 0 radical (unpaired) electrons. The molecule has 1 saturated heterocycles. The highest BCUT2D eigenvalue weighted by atomic mass is 16.2. The Bertz CT molecular complexity index is 885. The van der Waals surface area contributed by atoms with Gasteiger partial charge in [0.15, 0.2) is 0 Å². The van der Waals surface area contributed by atoms with Crippen molar-refractivity contribution >= 4 is 17.8 Å². The highest BCUT2D eigenvalue weighted by molar-refractivity contribution is 5.94. The van der Waals surface area contributed by atoms with E-state index >= 15 is 0 Å². The van der Waals surface area contributed by atoms with Crippen molar-refractivity contribution in [3.8, 4) is 0 Å². The molecule has 0 bridgehead atoms. The topological polar surface area (TPSA) is 91.3 Å². The van der Waals surface area contributed by atoms with Crippen molar-refractivity contribution in [1.82, 2.24) is 24.8 Å². The zero-order chi connectivity index (χ0) is 19.7. The molecule has 2 unspecified atom stereocenters. The van der Waals surface area contributed by atoms with Crippen molar-refractivity contribution in [3.63, 3.8) is 0 Å². The van der Waals surface area contributed by atoms with Gasteiger partial charge in [-0.15, -0.1) is 0 Å². The molecule has 2 amide bonds. The second-order valence-electron chi connectivity index (χ2n) is 7.39. The van der Waals surface area contributed by atoms with E-state index in [1.807, 2.05) is 12.3 Å². The van der Waals surface area contributed by atoms with Gasteiger partial charge < -0.3 is 15.1 Å². The first-order chi connectivity index (χ1) is 13.5. The molecular weight excluding hydrogens is 356 g/mol. The van der Waals surface area contributed by atoms with E-state index < -0.39 is 0 Å². The van der Waals surface area contributed by atoms with Crippen LogP contribution >= 0.6 is 0 Å². The number of likely N-dealkylation sites (N-methyl/N-ethyl adjacent to an activating group) is 1. The van der Waals surface area contributed by atoms with Gasteiger partial charge in [0.2, 0.25) is 11.9 Å². The number of carbonyl (C=O) groups is 2. The Labute approximate surface area is 164 Å². The summed E-state index contributed by atoms with van der Waals surface area (Å²) in [5.74, 6) is 0.428. The third kappa shape index (κ3) is 3.54. The molecule has 0 saturated carbocycles. The smallest absolute Gasteiger partial charge is 0.257 e. The molecule has 4 rings (SSSR count). The summed E-state index contributed by atoms with van der Waals surface area (Å²) in [7, 11) is 1.78. The predicted octanol–water partition coefficient (Wildman–Crippen LogP) is 1.66. The van der Waals surface area contributed by atoms with Gasteiger partial charge in [0, 0.05) is 51.3 Å². The number of hydrogen-bond acceptors (Lipinski definition) is 6. The van der Waals surface area contributed by atoms with Crippen LogP contribution in [0.2, 0.25) is 0 Å². The van der Waals surface area contributed by atoms with Crippen LogP contribution in [-0.2, 0) is 11.2 Å². The summed E-state index contributed by atoms with van der Waals surface area (Å²) < 4.78 is 0. The van der Waals surface area contributed by atoms with Gasteiger partial charge in [-0.05, 0) is 30.9 Å². The Morgan fingerprint density at radius 1 is 1.21 bits per heavy atom. The lowest BCUT2D eigenvalue weighted by molar-refractivity contribution is -0.129. The molecule has 3 heterocycles. The molecule has 2 aliphatic rings. The molecule has 8 nitrogen and oxygen atoms in total. The first kappa shape index (κ1) is 18.3. The van der Waals surface area contributed by atoms with Crippen LogP contribution in [0.25, 0.3) is 0 Å². The maximum absolute atomic E-state index is 12.7. The summed E-state index contributed by atoms with van der Waals surface area (Å²) in [6.45, 7) is 2.72. The number of likely N-dealkylation sites (tertiary alicyclic amines) is 1. The van der Waals surface area contributed by atoms with Crippen molar-refractivity contribution in [2.75, 3.05) is 25.5 Å². The number of pyridine rings is 1. The lowest BCUT2D eigenvalue weighted by Gasteiger charge is -2.23. The van der Waals surface area contributed by atoms with Crippen molar-refractivity contribution < 1.29 is 9.59 Å². The summed E-state index contributed by atoms with van der Waals surface area (Å²) in [5, 5.41) is 3.34. The molecule has 8 heteroatoms. The van der Waals surface area contributed by atoms with Gasteiger partial charge in [-0.3, -0.25) is 14.6 Å². The number of rotatable bonds is 4. The largest absolute Gasteiger partial charge is 0.347 e. The van der Waals surface area contributed by atoms with Crippen LogP contribution in [-0.4, -0.2) is 62.7 Å². The zero-order valence-corrected chi connectivity index (χ0v) is 16.1. The summed E-state index contributed by atoms with van der Waals surface area (Å²) in [4.78, 5) is 40.8. The zero-order valence-electron chi connectivity index (χ0n) is 16.1. The first-order valence-corrected chi connectivity index (χ1v) is 9.58. The van der Waals surface area contributed by atoms with Crippen LogP contribution in [0.3, 0.4) is 0 Å². The molecule has 0 spiro atoms. The summed E-state index contributed by atoms with van der Waals surface area (Å²) in [6, 6.07) is 4.23. The maximum Gasteiger partial charge on any atom is 0.257 e. The normalized spacial score (nSPS) is 20.7. The molecule has 1 aliphatic carbocycles. The molecule has 28 heavy (non-hydrogen) atoms. The quantitative estimate of drug-likeness (QED) is 0.867. The second kappa shape index (κ2) is 7.53. The number of anilines is 1. The Morgan fingerprint density at radius 2 is 2.00 bits per heavy atom. The fraction of sp³-hybridized carbons (Fsp3) is 0.450. The molecule has 2 aromatic heterocycles. The standard InChI is InChI=1S/C20H24N6O2/c1-13(27)25(2)15-7-9-26(12-15)19(28)14-10-22-20(23-11-14)24-18-6-5-17-16(18)4-3-8-21-17/h3-4,8,10-11,15,18H,5-7,9,12H2,1-2H3,(H,22,23,24). The lowest BCUT2D eigenvalue weighted by Crippen LogP contribution is -2.39. The second-order valence-corrected chi connectivity index (χ2v) is 7.39. The monoisotopic (exact) mass is 380 g/mol. The van der Waals surface area contributed by atoms with E-state index in [1.54, 1.807) is 36.2 Å². The molecule has 2 aromatic rings. The molecule has 2 atom stereocenters. The number of nitrogens with one attached hydrogen (secondary N) is 1. The number of carbonyl (C=O) groups excluding carboxylic acids is 2. The number of hydrogen-bond donors (Lipinski definition) is 1. The average molecular weight is 380 g/mol. The van der Waals surface area contributed by atoms with Crippen LogP contribution in [0.15, 0.2) is 30.7 Å². The van der Waals surface area contributed by atoms with E-state index in [1.165, 1.54) is 5.56 Å². The van der Waals surface area contributed by atoms with Gasteiger partial charge in [-0.2, -0.15) is 0 Å². The number of amides is 2. The van der Waals surface area contributed by atoms with Gasteiger partial charge in [0.1, 0.15) is 0 Å². The molecule has 146 valence electrons. The Morgan fingerprint density at radius 3 is 2.75 bits per heavy atom. The third-order valence-electron chi connectivity index (χ3n) is 5.67. The van der Waals surface area contributed by atoms with E-state index in [2.05, 4.69) is 26.3 Å². The SMILES string of the molecule is CC(=O)N(C)C1CCN(C(=O)c2cnc(NC3CCc4ncccc43)nc2)C1. The molecule has 1 fully saturated rings. The van der Waals surface area contributed by atoms with Crippen molar-refractivity contribution in [2.24, 2.45) is 0 Å². The predicted molar refractivity (Wildman–Crippen MR) is 104 cm³/mol. The molecule has 1 N–H and O–H groups in total. The van der Waals surface area contributed by atoms with Gasteiger partial charge >= 0.3 is 0 Å². The van der Waals surface area contributed by atoms with Crippen LogP contribution in [0, 0.1) is 0 Å². The Balaban J connectivity index is 1.39. The van der Waals surface area contributed by atoms with Crippen LogP contribution < -0.4 is 5.32 Å². The van der Waals surface area contributed by atoms with Crippen molar-refractivity contribution in [1.29, 1.82) is 0 Å². The molecule has 1 aliphatic heterocycles. The Kier molecular flexibility index (Phi) is 4.93. The summed E-state index contributed by atoms with van der Waals surface area (Å²) in [6.07, 6.45) is 7.63. The minimum atomic E-state index is -0.0959. The van der Waals surface area contributed by atoms with Crippen molar-refractivity contribution in [2.45, 2.75) is 38.3 Å². The van der Waals surface area contributed by atoms with Gasteiger partial charge in [0.25, 0.3) is 5.91 Å². The summed E-state index contributed by atoms with van der Waals surface area (Å²) >= 11 is 0. The van der Waals surface area contributed by atoms with Crippen LogP contribution in [0.1, 0.15) is 47.4 Å². The summed E-state index contributed by atoms with van der Waals surface area (Å²) in [5.41, 5.74) is 2.76. The van der Waals surface area contributed by atoms with E-state index in [-0.39, 0.29) is 23.9 Å². The lowest BCUT2D eigenvalue weighted by atomic mass is 10.1. The highest BCUT2D eigenvalue weighted by Crippen LogP contribution is 2.31. The third-order valence-corrected chi connectivity index (χ3v) is 5.67. The molecular formula is C20H24N6O2. The number of aryl methyl sites for hydroxylation is 1. The Hall–Kier alpha value is -3.03. The number of fused-ring (bicyclic) bond motifs is 1. The van der Waals surface area contributed by atoms with E-state index in [0.717, 1.165) is 25.0 Å². The molecule has 0 aromatic carbocycles. The van der Waals surface area contributed by atoms with Crippen LogP contribution in [0.5, 0.6) is 0 Å². The minimum absolute atomic E-state index is 0.0155.